The van der Waals surface area contributed by atoms with Crippen LogP contribution in [0.25, 0.3) is 11.0 Å². The molecular weight excluding hydrogens is 302 g/mol. The van der Waals surface area contributed by atoms with Gasteiger partial charge in [0, 0.05) is 6.92 Å². The van der Waals surface area contributed by atoms with E-state index in [0.29, 0.717) is 18.3 Å². The first-order chi connectivity index (χ1) is 11.8. The monoisotopic (exact) mass is 319 g/mol. The molecule has 0 aliphatic rings. The maximum absolute atomic E-state index is 5.01. The van der Waals surface area contributed by atoms with Crippen molar-refractivity contribution in [2.75, 3.05) is 5.32 Å². The third kappa shape index (κ3) is 2.86. The summed E-state index contributed by atoms with van der Waals surface area (Å²) >= 11 is 0. The predicted octanol–water partition coefficient (Wildman–Crippen LogP) is 3.39. The van der Waals surface area contributed by atoms with Gasteiger partial charge in [0.05, 0.1) is 24.1 Å². The standard InChI is InChI=1S/C18H17N5O/c1-13-20-17(22-24-13)11-19-18-21-15-9-5-6-10-16(15)23(18)12-14-7-3-2-4-8-14/h2-10H,11-12H2,1H3,(H,19,21). The third-order valence-electron chi connectivity index (χ3n) is 3.81. The highest BCUT2D eigenvalue weighted by Crippen LogP contribution is 2.21. The molecule has 120 valence electrons. The Labute approximate surface area is 139 Å². The van der Waals surface area contributed by atoms with Crippen molar-refractivity contribution in [3.63, 3.8) is 0 Å². The zero-order valence-electron chi connectivity index (χ0n) is 13.3. The van der Waals surface area contributed by atoms with E-state index in [2.05, 4.69) is 38.2 Å². The molecule has 4 aromatic rings. The summed E-state index contributed by atoms with van der Waals surface area (Å²) in [5.74, 6) is 1.97. The van der Waals surface area contributed by atoms with Gasteiger partial charge in [0.2, 0.25) is 11.8 Å². The van der Waals surface area contributed by atoms with Crippen LogP contribution >= 0.6 is 0 Å². The average molecular weight is 319 g/mol. The Bertz CT molecular complexity index is 958. The van der Waals surface area contributed by atoms with Crippen LogP contribution in [0.2, 0.25) is 0 Å². The molecule has 0 aliphatic carbocycles. The Morgan fingerprint density at radius 2 is 1.79 bits per heavy atom. The molecule has 0 atom stereocenters. The lowest BCUT2D eigenvalue weighted by Crippen LogP contribution is -2.09. The van der Waals surface area contributed by atoms with Crippen molar-refractivity contribution in [1.82, 2.24) is 19.7 Å². The lowest BCUT2D eigenvalue weighted by molar-refractivity contribution is 0.388. The quantitative estimate of drug-likeness (QED) is 0.610. The molecule has 4 rings (SSSR count). The van der Waals surface area contributed by atoms with E-state index in [9.17, 15) is 0 Å². The largest absolute Gasteiger partial charge is 0.348 e. The summed E-state index contributed by atoms with van der Waals surface area (Å²) in [6, 6.07) is 18.4. The fourth-order valence-corrected chi connectivity index (χ4v) is 2.71. The van der Waals surface area contributed by atoms with E-state index in [4.69, 9.17) is 9.51 Å². The highest BCUT2D eigenvalue weighted by molar-refractivity contribution is 5.78. The fraction of sp³-hybridized carbons (Fsp3) is 0.167. The number of rotatable bonds is 5. The van der Waals surface area contributed by atoms with Crippen LogP contribution in [0, 0.1) is 6.92 Å². The van der Waals surface area contributed by atoms with Gasteiger partial charge in [0.1, 0.15) is 0 Å². The molecule has 0 saturated carbocycles. The van der Waals surface area contributed by atoms with Crippen LogP contribution in [-0.2, 0) is 13.1 Å². The lowest BCUT2D eigenvalue weighted by Gasteiger charge is -2.10. The molecule has 0 spiro atoms. The summed E-state index contributed by atoms with van der Waals surface area (Å²) in [5.41, 5.74) is 3.27. The number of hydrogen-bond donors (Lipinski definition) is 1. The SMILES string of the molecule is Cc1nc(CNc2nc3ccccc3n2Cc2ccccc2)no1. The minimum absolute atomic E-state index is 0.468. The van der Waals surface area contributed by atoms with Gasteiger partial charge in [0.25, 0.3) is 0 Å². The second kappa shape index (κ2) is 6.16. The van der Waals surface area contributed by atoms with Crippen LogP contribution in [0.1, 0.15) is 17.3 Å². The number of aryl methyl sites for hydroxylation is 1. The van der Waals surface area contributed by atoms with E-state index >= 15 is 0 Å². The summed E-state index contributed by atoms with van der Waals surface area (Å²) in [4.78, 5) is 8.91. The number of nitrogens with zero attached hydrogens (tertiary/aromatic N) is 4. The Hall–Kier alpha value is -3.15. The van der Waals surface area contributed by atoms with Gasteiger partial charge in [-0.1, -0.05) is 47.6 Å². The molecule has 24 heavy (non-hydrogen) atoms. The van der Waals surface area contributed by atoms with E-state index in [1.54, 1.807) is 6.92 Å². The molecule has 0 aliphatic heterocycles. The summed E-state index contributed by atoms with van der Waals surface area (Å²) in [7, 11) is 0. The fourth-order valence-electron chi connectivity index (χ4n) is 2.71. The van der Waals surface area contributed by atoms with Crippen LogP contribution in [-0.4, -0.2) is 19.7 Å². The molecular formula is C18H17N5O. The maximum atomic E-state index is 5.01. The highest BCUT2D eigenvalue weighted by atomic mass is 16.5. The zero-order valence-corrected chi connectivity index (χ0v) is 13.3. The van der Waals surface area contributed by atoms with E-state index < -0.39 is 0 Å². The smallest absolute Gasteiger partial charge is 0.223 e. The van der Waals surface area contributed by atoms with E-state index in [1.165, 1.54) is 5.56 Å². The molecule has 0 unspecified atom stereocenters. The molecule has 1 N–H and O–H groups in total. The normalized spacial score (nSPS) is 11.0. The molecule has 0 radical (unpaired) electrons. The Balaban J connectivity index is 1.67. The summed E-state index contributed by atoms with van der Waals surface area (Å²) in [5, 5.41) is 7.23. The third-order valence-corrected chi connectivity index (χ3v) is 3.81. The number of fused-ring (bicyclic) bond motifs is 1. The molecule has 0 fully saturated rings. The molecule has 0 bridgehead atoms. The highest BCUT2D eigenvalue weighted by Gasteiger charge is 2.11. The number of para-hydroxylation sites is 2. The van der Waals surface area contributed by atoms with Crippen LogP contribution in [0.5, 0.6) is 0 Å². The van der Waals surface area contributed by atoms with Crippen molar-refractivity contribution in [3.05, 3.63) is 71.9 Å². The molecule has 2 aromatic heterocycles. The average Bonchev–Trinajstić information content (AvgIpc) is 3.18. The van der Waals surface area contributed by atoms with Crippen LogP contribution in [0.3, 0.4) is 0 Å². The number of imidazole rings is 1. The van der Waals surface area contributed by atoms with Gasteiger partial charge < -0.3 is 14.4 Å². The maximum Gasteiger partial charge on any atom is 0.223 e. The molecule has 2 heterocycles. The second-order valence-electron chi connectivity index (χ2n) is 5.58. The van der Waals surface area contributed by atoms with Crippen molar-refractivity contribution in [2.24, 2.45) is 0 Å². The van der Waals surface area contributed by atoms with E-state index in [0.717, 1.165) is 23.5 Å². The van der Waals surface area contributed by atoms with Crippen molar-refractivity contribution in [3.8, 4) is 0 Å². The minimum Gasteiger partial charge on any atom is -0.348 e. The van der Waals surface area contributed by atoms with Crippen molar-refractivity contribution < 1.29 is 4.52 Å². The molecule has 0 saturated heterocycles. The number of hydrogen-bond acceptors (Lipinski definition) is 5. The molecule has 6 heteroatoms. The summed E-state index contributed by atoms with van der Waals surface area (Å²) in [6.07, 6.45) is 0. The van der Waals surface area contributed by atoms with Crippen LogP contribution < -0.4 is 5.32 Å². The Morgan fingerprint density at radius 1 is 1.00 bits per heavy atom. The van der Waals surface area contributed by atoms with Gasteiger partial charge in [-0.25, -0.2) is 4.98 Å². The first-order valence-electron chi connectivity index (χ1n) is 7.82. The number of anilines is 1. The van der Waals surface area contributed by atoms with Gasteiger partial charge in [-0.3, -0.25) is 0 Å². The van der Waals surface area contributed by atoms with Crippen LogP contribution in [0.4, 0.5) is 5.95 Å². The first kappa shape index (κ1) is 14.4. The van der Waals surface area contributed by atoms with Gasteiger partial charge in [-0.15, -0.1) is 0 Å². The van der Waals surface area contributed by atoms with Crippen molar-refractivity contribution in [2.45, 2.75) is 20.0 Å². The summed E-state index contributed by atoms with van der Waals surface area (Å²) in [6.45, 7) is 2.99. The number of aromatic nitrogens is 4. The molecule has 2 aromatic carbocycles. The van der Waals surface area contributed by atoms with Crippen LogP contribution in [0.15, 0.2) is 59.1 Å². The van der Waals surface area contributed by atoms with Gasteiger partial charge in [-0.2, -0.15) is 4.98 Å². The molecule has 0 amide bonds. The predicted molar refractivity (Wildman–Crippen MR) is 91.6 cm³/mol. The topological polar surface area (TPSA) is 68.8 Å². The number of nitrogens with one attached hydrogen (secondary N) is 1. The zero-order chi connectivity index (χ0) is 16.4. The Kier molecular flexibility index (Phi) is 3.70. The van der Waals surface area contributed by atoms with Gasteiger partial charge in [-0.05, 0) is 17.7 Å². The lowest BCUT2D eigenvalue weighted by atomic mass is 10.2. The summed E-state index contributed by atoms with van der Waals surface area (Å²) < 4.78 is 7.17. The van der Waals surface area contributed by atoms with Gasteiger partial charge in [0.15, 0.2) is 5.82 Å². The second-order valence-corrected chi connectivity index (χ2v) is 5.58. The van der Waals surface area contributed by atoms with Gasteiger partial charge >= 0.3 is 0 Å². The van der Waals surface area contributed by atoms with E-state index in [-0.39, 0.29) is 0 Å². The number of benzene rings is 2. The van der Waals surface area contributed by atoms with Crippen molar-refractivity contribution in [1.29, 1.82) is 0 Å². The van der Waals surface area contributed by atoms with E-state index in [1.807, 2.05) is 36.4 Å². The Morgan fingerprint density at radius 3 is 2.58 bits per heavy atom. The molecule has 6 nitrogen and oxygen atoms in total. The minimum atomic E-state index is 0.468. The first-order valence-corrected chi connectivity index (χ1v) is 7.82. The van der Waals surface area contributed by atoms with Crippen molar-refractivity contribution >= 4 is 17.0 Å².